The van der Waals surface area contributed by atoms with E-state index in [0.717, 1.165) is 11.1 Å². The largest absolute Gasteiger partial charge is 0.394 e. The van der Waals surface area contributed by atoms with Crippen LogP contribution in [0, 0.1) is 0 Å². The van der Waals surface area contributed by atoms with E-state index in [-0.39, 0.29) is 24.4 Å². The predicted octanol–water partition coefficient (Wildman–Crippen LogP) is 0.0468. The van der Waals surface area contributed by atoms with Gasteiger partial charge in [0.2, 0.25) is 5.91 Å². The molecule has 0 bridgehead atoms. The monoisotopic (exact) mass is 282 g/mol. The normalized spacial score (nSPS) is 21.9. The molecule has 1 aliphatic rings. The number of carbonyl (C=O) groups is 1. The summed E-state index contributed by atoms with van der Waals surface area (Å²) in [7, 11) is 0. The Kier molecular flexibility index (Phi) is 4.80. The molecule has 2 N–H and O–H groups in total. The lowest BCUT2D eigenvalue weighted by Crippen LogP contribution is -2.31. The number of rotatable bonds is 5. The highest BCUT2D eigenvalue weighted by atomic mass is 16.5. The smallest absolute Gasteiger partial charge is 0.368 e. The average molecular weight is 282 g/mol. The van der Waals surface area contributed by atoms with Crippen LogP contribution in [0.2, 0.25) is 0 Å². The van der Waals surface area contributed by atoms with E-state index in [9.17, 15) is 9.59 Å². The van der Waals surface area contributed by atoms with E-state index in [1.165, 1.54) is 6.20 Å². The quantitative estimate of drug-likeness (QED) is 0.790. The third-order valence-electron chi connectivity index (χ3n) is 3.02. The summed E-state index contributed by atoms with van der Waals surface area (Å²) in [4.78, 5) is 27.0. The Hall–Kier alpha value is -1.80. The molecule has 1 fully saturated rings. The minimum atomic E-state index is -0.581. The van der Waals surface area contributed by atoms with Crippen molar-refractivity contribution in [2.24, 2.45) is 0 Å². The first-order valence-corrected chi connectivity index (χ1v) is 6.66. The summed E-state index contributed by atoms with van der Waals surface area (Å²) < 4.78 is 6.59. The van der Waals surface area contributed by atoms with Gasteiger partial charge in [-0.3, -0.25) is 4.79 Å². The summed E-state index contributed by atoms with van der Waals surface area (Å²) in [6.45, 7) is 1.81. The van der Waals surface area contributed by atoms with Gasteiger partial charge in [0.1, 0.15) is 0 Å². The number of nitrogens with one attached hydrogen (secondary N) is 1. The van der Waals surface area contributed by atoms with Crippen molar-refractivity contribution < 1.29 is 14.6 Å². The number of anilines is 1. The number of hydrogen-bond acceptors (Lipinski definition) is 6. The lowest BCUT2D eigenvalue weighted by Gasteiger charge is -2.13. The van der Waals surface area contributed by atoms with Crippen LogP contribution in [0.3, 0.4) is 0 Å². The van der Waals surface area contributed by atoms with Crippen LogP contribution in [-0.4, -0.2) is 38.5 Å². The third-order valence-corrected chi connectivity index (χ3v) is 3.02. The molecule has 1 aromatic rings. The second-order valence-electron chi connectivity index (χ2n) is 4.64. The summed E-state index contributed by atoms with van der Waals surface area (Å²) in [6.07, 6.45) is 2.91. The molecule has 0 spiro atoms. The molecule has 20 heavy (non-hydrogen) atoms. The fourth-order valence-corrected chi connectivity index (χ4v) is 2.04. The second-order valence-corrected chi connectivity index (χ2v) is 4.64. The van der Waals surface area contributed by atoms with E-state index >= 15 is 0 Å². The van der Waals surface area contributed by atoms with Gasteiger partial charge in [-0.25, -0.2) is 4.79 Å². The van der Waals surface area contributed by atoms with Crippen molar-refractivity contribution in [3.8, 4) is 0 Å². The number of hydrogen-bond donors (Lipinski definition) is 2. The first kappa shape index (κ1) is 14.6. The van der Waals surface area contributed by atoms with E-state index in [1.807, 2.05) is 6.92 Å². The van der Waals surface area contributed by atoms with Crippen molar-refractivity contribution in [2.75, 3.05) is 11.9 Å². The Bertz CT molecular complexity index is 530. The summed E-state index contributed by atoms with van der Waals surface area (Å²) >= 11 is 0. The maximum Gasteiger partial charge on any atom is 0.368 e. The molecule has 1 aromatic heterocycles. The van der Waals surface area contributed by atoms with Gasteiger partial charge in [-0.05, 0) is 19.3 Å². The zero-order valence-electron chi connectivity index (χ0n) is 11.3. The number of aliphatic hydroxyl groups is 1. The molecule has 1 aliphatic heterocycles. The predicted molar refractivity (Wildman–Crippen MR) is 70.1 cm³/mol. The van der Waals surface area contributed by atoms with Gasteiger partial charge < -0.3 is 15.2 Å². The van der Waals surface area contributed by atoms with Crippen LogP contribution < -0.4 is 11.0 Å². The van der Waals surface area contributed by atoms with Gasteiger partial charge in [0.25, 0.3) is 0 Å². The summed E-state index contributed by atoms with van der Waals surface area (Å²) in [5.74, 6) is -0.0576. The topological polar surface area (TPSA) is 106 Å². The van der Waals surface area contributed by atoms with Crippen LogP contribution in [0.15, 0.2) is 11.0 Å². The van der Waals surface area contributed by atoms with Gasteiger partial charge >= 0.3 is 5.69 Å². The summed E-state index contributed by atoms with van der Waals surface area (Å²) in [5.41, 5.74) is -0.581. The number of carbonyl (C=O) groups excluding carboxylic acids is 1. The van der Waals surface area contributed by atoms with Gasteiger partial charge in [-0.2, -0.15) is 14.8 Å². The molecule has 1 amide bonds. The maximum atomic E-state index is 11.9. The molecule has 110 valence electrons. The SMILES string of the molecule is CCCC(=O)Nc1cnn([C@H]2CC[C@@H](CO)O2)c(=O)n1. The molecule has 2 atom stereocenters. The molecule has 2 heterocycles. The van der Waals surface area contributed by atoms with Crippen LogP contribution >= 0.6 is 0 Å². The van der Waals surface area contributed by atoms with Crippen LogP contribution in [0.25, 0.3) is 0 Å². The van der Waals surface area contributed by atoms with Gasteiger partial charge in [0.05, 0.1) is 18.9 Å². The molecule has 8 nitrogen and oxygen atoms in total. The highest BCUT2D eigenvalue weighted by molar-refractivity contribution is 5.89. The van der Waals surface area contributed by atoms with Crippen molar-refractivity contribution in [1.29, 1.82) is 0 Å². The lowest BCUT2D eigenvalue weighted by atomic mass is 10.2. The molecular formula is C12H18N4O4. The molecule has 0 aromatic carbocycles. The van der Waals surface area contributed by atoms with Crippen molar-refractivity contribution in [3.05, 3.63) is 16.7 Å². The number of nitrogens with zero attached hydrogens (tertiary/aromatic N) is 3. The maximum absolute atomic E-state index is 11.9. The van der Waals surface area contributed by atoms with Crippen LogP contribution in [0.1, 0.15) is 38.8 Å². The Balaban J connectivity index is 2.07. The van der Waals surface area contributed by atoms with E-state index in [2.05, 4.69) is 15.4 Å². The number of ether oxygens (including phenoxy) is 1. The Morgan fingerprint density at radius 2 is 2.40 bits per heavy atom. The van der Waals surface area contributed by atoms with Gasteiger partial charge in [-0.1, -0.05) is 6.92 Å². The minimum absolute atomic E-state index is 0.0795. The molecular weight excluding hydrogens is 264 g/mol. The molecule has 2 rings (SSSR count). The third kappa shape index (κ3) is 3.40. The second kappa shape index (κ2) is 6.58. The van der Waals surface area contributed by atoms with Gasteiger partial charge in [0.15, 0.2) is 12.0 Å². The summed E-state index contributed by atoms with van der Waals surface area (Å²) in [6, 6.07) is 0. The zero-order valence-corrected chi connectivity index (χ0v) is 11.3. The Morgan fingerprint density at radius 3 is 3.00 bits per heavy atom. The molecule has 0 aliphatic carbocycles. The van der Waals surface area contributed by atoms with Crippen LogP contribution in [-0.2, 0) is 9.53 Å². The molecule has 0 saturated carbocycles. The van der Waals surface area contributed by atoms with Gasteiger partial charge in [0, 0.05) is 6.42 Å². The number of amides is 1. The van der Waals surface area contributed by atoms with Crippen LogP contribution in [0.4, 0.5) is 5.82 Å². The molecule has 0 radical (unpaired) electrons. The molecule has 0 unspecified atom stereocenters. The van der Waals surface area contributed by atoms with Crippen molar-refractivity contribution in [3.63, 3.8) is 0 Å². The highest BCUT2D eigenvalue weighted by Gasteiger charge is 2.27. The molecule has 1 saturated heterocycles. The standard InChI is InChI=1S/C12H18N4O4/c1-2-3-10(18)14-9-6-13-16(12(19)15-9)11-5-4-8(7-17)20-11/h6,8,11,17H,2-5,7H2,1H3,(H,14,15,18,19)/t8-,11+/m0/s1. The van der Waals surface area contributed by atoms with E-state index < -0.39 is 11.9 Å². The van der Waals surface area contributed by atoms with Crippen molar-refractivity contribution in [2.45, 2.75) is 44.9 Å². The van der Waals surface area contributed by atoms with Gasteiger partial charge in [-0.15, -0.1) is 0 Å². The number of aromatic nitrogens is 3. The Morgan fingerprint density at radius 1 is 1.60 bits per heavy atom. The Labute approximate surface area is 115 Å². The van der Waals surface area contributed by atoms with Crippen molar-refractivity contribution in [1.82, 2.24) is 14.8 Å². The summed E-state index contributed by atoms with van der Waals surface area (Å²) in [5, 5.41) is 15.5. The zero-order chi connectivity index (χ0) is 14.5. The van der Waals surface area contributed by atoms with E-state index in [4.69, 9.17) is 9.84 Å². The van der Waals surface area contributed by atoms with E-state index in [0.29, 0.717) is 19.3 Å². The molecule has 8 heteroatoms. The highest BCUT2D eigenvalue weighted by Crippen LogP contribution is 2.25. The fraction of sp³-hybridized carbons (Fsp3) is 0.667. The minimum Gasteiger partial charge on any atom is -0.394 e. The first-order valence-electron chi connectivity index (χ1n) is 6.66. The average Bonchev–Trinajstić information content (AvgIpc) is 2.87. The lowest BCUT2D eigenvalue weighted by molar-refractivity contribution is -0.116. The number of aliphatic hydroxyl groups excluding tert-OH is 1. The van der Waals surface area contributed by atoms with E-state index in [1.54, 1.807) is 0 Å². The first-order chi connectivity index (χ1) is 9.63. The van der Waals surface area contributed by atoms with Crippen LogP contribution in [0.5, 0.6) is 0 Å². The fourth-order valence-electron chi connectivity index (χ4n) is 2.04. The van der Waals surface area contributed by atoms with Crippen molar-refractivity contribution >= 4 is 11.7 Å².